The Morgan fingerprint density at radius 2 is 1.76 bits per heavy atom. The second-order valence-electron chi connectivity index (χ2n) is 7.36. The fraction of sp³-hybridized carbons (Fsp3) is 0.292. The van der Waals surface area contributed by atoms with Crippen LogP contribution < -0.4 is 26.6 Å². The Kier molecular flexibility index (Phi) is 8.04. The smallest absolute Gasteiger partial charge is 0.330 e. The number of amides is 1. The molecule has 9 nitrogen and oxygen atoms in total. The van der Waals surface area contributed by atoms with Crippen molar-refractivity contribution in [2.75, 3.05) is 37.5 Å². The summed E-state index contributed by atoms with van der Waals surface area (Å²) in [4.78, 5) is 42.0. The number of carbonyl (C=O) groups excluding carboxylic acids is 1. The molecule has 1 amide bonds. The van der Waals surface area contributed by atoms with Crippen molar-refractivity contribution < 1.29 is 14.3 Å². The number of nitrogens with zero attached hydrogens (tertiary/aromatic N) is 2. The third-order valence-electron chi connectivity index (χ3n) is 5.08. The quantitative estimate of drug-likeness (QED) is 0.484. The van der Waals surface area contributed by atoms with Gasteiger partial charge in [-0.15, -0.1) is 0 Å². The van der Waals surface area contributed by atoms with E-state index in [1.165, 1.54) is 16.6 Å². The van der Waals surface area contributed by atoms with Crippen molar-refractivity contribution in [3.8, 4) is 5.75 Å². The number of nitrogens with one attached hydrogen (secondary N) is 1. The molecule has 0 aliphatic heterocycles. The van der Waals surface area contributed by atoms with E-state index in [4.69, 9.17) is 15.2 Å². The lowest BCUT2D eigenvalue weighted by atomic mass is 10.1. The highest BCUT2D eigenvalue weighted by atomic mass is 16.5. The number of methoxy groups -OCH3 is 1. The van der Waals surface area contributed by atoms with Gasteiger partial charge in [-0.25, -0.2) is 4.79 Å². The molecule has 1 aromatic heterocycles. The molecule has 0 aliphatic rings. The van der Waals surface area contributed by atoms with Crippen LogP contribution in [0.25, 0.3) is 0 Å². The van der Waals surface area contributed by atoms with Gasteiger partial charge in [-0.1, -0.05) is 42.5 Å². The minimum Gasteiger partial charge on any atom is -0.494 e. The van der Waals surface area contributed by atoms with Crippen LogP contribution in [0.3, 0.4) is 0 Å². The van der Waals surface area contributed by atoms with Gasteiger partial charge in [0, 0.05) is 13.7 Å². The summed E-state index contributed by atoms with van der Waals surface area (Å²) in [6.45, 7) is 2.88. The van der Waals surface area contributed by atoms with Gasteiger partial charge < -0.3 is 20.1 Å². The van der Waals surface area contributed by atoms with Crippen LogP contribution in [0.15, 0.2) is 64.2 Å². The Morgan fingerprint density at radius 3 is 2.39 bits per heavy atom. The molecule has 3 N–H and O–H groups in total. The second-order valence-corrected chi connectivity index (χ2v) is 7.36. The number of ether oxygens (including phenoxy) is 2. The van der Waals surface area contributed by atoms with Gasteiger partial charge in [-0.05, 0) is 30.2 Å². The molecule has 9 heteroatoms. The highest BCUT2D eigenvalue weighted by molar-refractivity contribution is 5.96. The van der Waals surface area contributed by atoms with E-state index in [-0.39, 0.29) is 43.5 Å². The molecule has 3 aromatic rings. The van der Waals surface area contributed by atoms with E-state index in [1.54, 1.807) is 24.3 Å². The second kappa shape index (κ2) is 11.1. The number of rotatable bonds is 10. The number of carbonyl (C=O) groups is 1. The van der Waals surface area contributed by atoms with Crippen LogP contribution in [0, 0.1) is 0 Å². The van der Waals surface area contributed by atoms with E-state index in [9.17, 15) is 14.4 Å². The van der Waals surface area contributed by atoms with E-state index in [0.29, 0.717) is 12.4 Å². The van der Waals surface area contributed by atoms with E-state index >= 15 is 0 Å². The van der Waals surface area contributed by atoms with Crippen LogP contribution in [0.4, 0.5) is 11.5 Å². The van der Waals surface area contributed by atoms with Gasteiger partial charge >= 0.3 is 5.69 Å². The van der Waals surface area contributed by atoms with Crippen molar-refractivity contribution in [2.45, 2.75) is 19.9 Å². The zero-order valence-electron chi connectivity index (χ0n) is 18.7. The summed E-state index contributed by atoms with van der Waals surface area (Å²) < 4.78 is 11.8. The highest BCUT2D eigenvalue weighted by Gasteiger charge is 2.24. The number of hydrogen-bond acceptors (Lipinski definition) is 6. The summed E-state index contributed by atoms with van der Waals surface area (Å²) in [5.74, 6) is 0.278. The molecule has 1 heterocycles. The van der Waals surface area contributed by atoms with Gasteiger partial charge in [-0.3, -0.25) is 19.1 Å². The largest absolute Gasteiger partial charge is 0.494 e. The first-order chi connectivity index (χ1) is 15.9. The first-order valence-corrected chi connectivity index (χ1v) is 10.6. The summed E-state index contributed by atoms with van der Waals surface area (Å²) in [7, 11) is 1.50. The molecule has 0 aliphatic carbocycles. The van der Waals surface area contributed by atoms with Crippen molar-refractivity contribution in [3.05, 3.63) is 86.6 Å². The number of aromatic amines is 1. The lowest BCUT2D eigenvalue weighted by molar-refractivity contribution is -0.118. The van der Waals surface area contributed by atoms with Crippen molar-refractivity contribution in [2.24, 2.45) is 0 Å². The fourth-order valence-electron chi connectivity index (χ4n) is 3.45. The molecule has 174 valence electrons. The van der Waals surface area contributed by atoms with Crippen molar-refractivity contribution in [3.63, 3.8) is 0 Å². The summed E-state index contributed by atoms with van der Waals surface area (Å²) in [6.07, 6.45) is 0.0345. The van der Waals surface area contributed by atoms with Crippen LogP contribution in [0.5, 0.6) is 5.75 Å². The monoisotopic (exact) mass is 452 g/mol. The fourth-order valence-corrected chi connectivity index (χ4v) is 3.45. The minimum atomic E-state index is -0.724. The maximum absolute atomic E-state index is 13.2. The van der Waals surface area contributed by atoms with Crippen LogP contribution >= 0.6 is 0 Å². The van der Waals surface area contributed by atoms with E-state index < -0.39 is 11.2 Å². The third-order valence-corrected chi connectivity index (χ3v) is 5.08. The average molecular weight is 453 g/mol. The molecular weight excluding hydrogens is 424 g/mol. The van der Waals surface area contributed by atoms with Crippen LogP contribution in [0.2, 0.25) is 0 Å². The maximum Gasteiger partial charge on any atom is 0.330 e. The van der Waals surface area contributed by atoms with Gasteiger partial charge in [0.05, 0.1) is 26.2 Å². The first-order valence-electron chi connectivity index (χ1n) is 10.6. The molecule has 0 saturated carbocycles. The zero-order valence-corrected chi connectivity index (χ0v) is 18.7. The number of anilines is 2. The van der Waals surface area contributed by atoms with E-state index in [2.05, 4.69) is 4.98 Å². The van der Waals surface area contributed by atoms with Crippen LogP contribution in [-0.4, -0.2) is 42.3 Å². The normalized spacial score (nSPS) is 10.7. The molecule has 3 rings (SSSR count). The Labute approximate surface area is 191 Å². The Hall–Kier alpha value is -3.85. The summed E-state index contributed by atoms with van der Waals surface area (Å²) in [6, 6.07) is 16.4. The highest BCUT2D eigenvalue weighted by Crippen LogP contribution is 2.20. The van der Waals surface area contributed by atoms with Gasteiger partial charge in [0.25, 0.3) is 5.56 Å². The molecule has 0 bridgehead atoms. The summed E-state index contributed by atoms with van der Waals surface area (Å²) >= 11 is 0. The van der Waals surface area contributed by atoms with E-state index in [1.807, 2.05) is 37.3 Å². The summed E-state index contributed by atoms with van der Waals surface area (Å²) in [5.41, 5.74) is 6.42. The molecule has 0 saturated heterocycles. The number of hydrogen-bond donors (Lipinski definition) is 2. The maximum atomic E-state index is 13.2. The molecular formula is C24H28N4O5. The minimum absolute atomic E-state index is 0.0345. The van der Waals surface area contributed by atoms with Crippen LogP contribution in [0.1, 0.15) is 18.1 Å². The van der Waals surface area contributed by atoms with Gasteiger partial charge in [0.15, 0.2) is 5.69 Å². The Bertz CT molecular complexity index is 1190. The van der Waals surface area contributed by atoms with Crippen molar-refractivity contribution >= 4 is 17.4 Å². The van der Waals surface area contributed by atoms with Crippen LogP contribution in [-0.2, 0) is 22.5 Å². The lowest BCUT2D eigenvalue weighted by Crippen LogP contribution is -2.43. The van der Waals surface area contributed by atoms with Gasteiger partial charge in [0.2, 0.25) is 5.91 Å². The number of nitrogens with two attached hydrogens (primary N) is 1. The molecule has 0 atom stereocenters. The lowest BCUT2D eigenvalue weighted by Gasteiger charge is -2.24. The topological polar surface area (TPSA) is 120 Å². The molecule has 0 spiro atoms. The average Bonchev–Trinajstić information content (AvgIpc) is 2.80. The van der Waals surface area contributed by atoms with Gasteiger partial charge in [0.1, 0.15) is 11.6 Å². The number of H-pyrrole nitrogens is 1. The molecule has 0 unspecified atom stereocenters. The van der Waals surface area contributed by atoms with Crippen molar-refractivity contribution in [1.82, 2.24) is 9.55 Å². The summed E-state index contributed by atoms with van der Waals surface area (Å²) in [5, 5.41) is 0. The first kappa shape index (κ1) is 23.8. The molecule has 0 fully saturated rings. The number of aromatic nitrogens is 2. The van der Waals surface area contributed by atoms with Crippen molar-refractivity contribution in [1.29, 1.82) is 0 Å². The zero-order chi connectivity index (χ0) is 23.8. The SMILES string of the molecule is CCOc1ccc(CC(=O)N(CCOC)c2c(N)n(Cc3ccccc3)c(=O)[nH]c2=O)cc1. The third kappa shape index (κ3) is 5.89. The Balaban J connectivity index is 1.95. The Morgan fingerprint density at radius 1 is 1.06 bits per heavy atom. The molecule has 33 heavy (non-hydrogen) atoms. The number of nitrogen functional groups attached to an aromatic ring is 1. The van der Waals surface area contributed by atoms with E-state index in [0.717, 1.165) is 11.1 Å². The van der Waals surface area contributed by atoms with Gasteiger partial charge in [-0.2, -0.15) is 0 Å². The molecule has 0 radical (unpaired) electrons. The number of benzene rings is 2. The predicted molar refractivity (Wildman–Crippen MR) is 127 cm³/mol. The standard InChI is InChI=1S/C24H28N4O5/c1-3-33-19-11-9-17(10-12-19)15-20(29)27(13-14-32-2)21-22(25)28(24(31)26-23(21)30)16-18-7-5-4-6-8-18/h4-12H,3,13-16,25H2,1-2H3,(H,26,30,31). The predicted octanol–water partition coefficient (Wildman–Crippen LogP) is 1.79. The molecule has 2 aromatic carbocycles.